The van der Waals surface area contributed by atoms with Crippen LogP contribution < -0.4 is 5.32 Å². The lowest BCUT2D eigenvalue weighted by atomic mass is 9.98. The molecule has 1 N–H and O–H groups in total. The Bertz CT molecular complexity index is 227. The monoisotopic (exact) mass is 225 g/mol. The third kappa shape index (κ3) is 3.21. The highest BCUT2D eigenvalue weighted by Gasteiger charge is 2.31. The normalized spacial score (nSPS) is 38.1. The van der Waals surface area contributed by atoms with E-state index < -0.39 is 0 Å². The molecule has 0 bridgehead atoms. The second kappa shape index (κ2) is 5.05. The first-order valence-electron chi connectivity index (χ1n) is 6.95. The molecule has 0 aromatic rings. The van der Waals surface area contributed by atoms with Crippen molar-refractivity contribution in [2.75, 3.05) is 13.1 Å². The van der Waals surface area contributed by atoms with E-state index in [1.54, 1.807) is 0 Å². The molecule has 1 saturated carbocycles. The fourth-order valence-corrected chi connectivity index (χ4v) is 3.18. The van der Waals surface area contributed by atoms with E-state index in [4.69, 9.17) is 4.74 Å². The minimum Gasteiger partial charge on any atom is -0.371 e. The first kappa shape index (κ1) is 12.4. The van der Waals surface area contributed by atoms with Crippen LogP contribution >= 0.6 is 0 Å². The molecule has 1 aliphatic heterocycles. The SMILES string of the molecule is CC1CCCC1CNCC1CCC(C)(C)O1. The number of hydrogen-bond acceptors (Lipinski definition) is 2. The Morgan fingerprint density at radius 3 is 2.56 bits per heavy atom. The molecule has 3 atom stereocenters. The molecular formula is C14H27NO. The lowest BCUT2D eigenvalue weighted by Crippen LogP contribution is -2.33. The molecule has 1 saturated heterocycles. The van der Waals surface area contributed by atoms with Crippen molar-refractivity contribution in [2.24, 2.45) is 11.8 Å². The van der Waals surface area contributed by atoms with Crippen molar-refractivity contribution in [3.8, 4) is 0 Å². The van der Waals surface area contributed by atoms with Gasteiger partial charge in [0.25, 0.3) is 0 Å². The Balaban J connectivity index is 1.62. The van der Waals surface area contributed by atoms with Gasteiger partial charge in [0.05, 0.1) is 11.7 Å². The van der Waals surface area contributed by atoms with E-state index in [9.17, 15) is 0 Å². The molecule has 2 aliphatic rings. The molecule has 2 heteroatoms. The minimum atomic E-state index is 0.118. The summed E-state index contributed by atoms with van der Waals surface area (Å²) in [6.07, 6.45) is 7.16. The molecule has 0 aromatic heterocycles. The topological polar surface area (TPSA) is 21.3 Å². The van der Waals surface area contributed by atoms with E-state index in [2.05, 4.69) is 26.1 Å². The van der Waals surface area contributed by atoms with Gasteiger partial charge in [-0.05, 0) is 51.5 Å². The molecule has 16 heavy (non-hydrogen) atoms. The lowest BCUT2D eigenvalue weighted by Gasteiger charge is -2.21. The van der Waals surface area contributed by atoms with Crippen LogP contribution in [-0.4, -0.2) is 24.8 Å². The zero-order valence-corrected chi connectivity index (χ0v) is 11.1. The van der Waals surface area contributed by atoms with Gasteiger partial charge in [-0.2, -0.15) is 0 Å². The first-order valence-corrected chi connectivity index (χ1v) is 6.95. The van der Waals surface area contributed by atoms with Crippen LogP contribution in [0.25, 0.3) is 0 Å². The summed E-state index contributed by atoms with van der Waals surface area (Å²) in [5.41, 5.74) is 0.118. The second-order valence-electron chi connectivity index (χ2n) is 6.36. The van der Waals surface area contributed by atoms with Crippen molar-refractivity contribution in [1.29, 1.82) is 0 Å². The summed E-state index contributed by atoms with van der Waals surface area (Å²) in [5.74, 6) is 1.84. The maximum absolute atomic E-state index is 5.98. The highest BCUT2D eigenvalue weighted by molar-refractivity contribution is 4.83. The van der Waals surface area contributed by atoms with Crippen LogP contribution in [0.5, 0.6) is 0 Å². The van der Waals surface area contributed by atoms with Gasteiger partial charge in [-0.15, -0.1) is 0 Å². The van der Waals surface area contributed by atoms with Crippen molar-refractivity contribution in [1.82, 2.24) is 5.32 Å². The van der Waals surface area contributed by atoms with Gasteiger partial charge in [0, 0.05) is 6.54 Å². The quantitative estimate of drug-likeness (QED) is 0.794. The van der Waals surface area contributed by atoms with Crippen LogP contribution in [0.3, 0.4) is 0 Å². The maximum Gasteiger partial charge on any atom is 0.0707 e. The van der Waals surface area contributed by atoms with Gasteiger partial charge >= 0.3 is 0 Å². The van der Waals surface area contributed by atoms with Crippen molar-refractivity contribution < 1.29 is 4.74 Å². The molecule has 3 unspecified atom stereocenters. The Kier molecular flexibility index (Phi) is 3.91. The molecule has 1 aliphatic carbocycles. The molecule has 94 valence electrons. The maximum atomic E-state index is 5.98. The molecule has 1 heterocycles. The number of hydrogen-bond donors (Lipinski definition) is 1. The predicted molar refractivity (Wildman–Crippen MR) is 67.6 cm³/mol. The predicted octanol–water partition coefficient (Wildman–Crippen LogP) is 2.97. The number of ether oxygens (including phenoxy) is 1. The summed E-state index contributed by atoms with van der Waals surface area (Å²) in [6, 6.07) is 0. The molecule has 2 fully saturated rings. The van der Waals surface area contributed by atoms with Crippen LogP contribution in [0.4, 0.5) is 0 Å². The fraction of sp³-hybridized carbons (Fsp3) is 1.00. The van der Waals surface area contributed by atoms with Gasteiger partial charge in [-0.25, -0.2) is 0 Å². The van der Waals surface area contributed by atoms with Gasteiger partial charge in [0.1, 0.15) is 0 Å². The van der Waals surface area contributed by atoms with Crippen molar-refractivity contribution in [3.05, 3.63) is 0 Å². The molecule has 0 radical (unpaired) electrons. The number of nitrogens with one attached hydrogen (secondary N) is 1. The fourth-order valence-electron chi connectivity index (χ4n) is 3.18. The summed E-state index contributed by atoms with van der Waals surface area (Å²) >= 11 is 0. The van der Waals surface area contributed by atoms with Crippen LogP contribution in [-0.2, 0) is 4.74 Å². The van der Waals surface area contributed by atoms with Gasteiger partial charge < -0.3 is 10.1 Å². The van der Waals surface area contributed by atoms with Crippen molar-refractivity contribution in [3.63, 3.8) is 0 Å². The van der Waals surface area contributed by atoms with Gasteiger partial charge in [0.15, 0.2) is 0 Å². The van der Waals surface area contributed by atoms with E-state index in [0.29, 0.717) is 6.10 Å². The van der Waals surface area contributed by atoms with E-state index >= 15 is 0 Å². The summed E-state index contributed by atoms with van der Waals surface area (Å²) in [7, 11) is 0. The summed E-state index contributed by atoms with van der Waals surface area (Å²) in [4.78, 5) is 0. The van der Waals surface area contributed by atoms with Crippen molar-refractivity contribution >= 4 is 0 Å². The zero-order chi connectivity index (χ0) is 11.6. The highest BCUT2D eigenvalue weighted by Crippen LogP contribution is 2.31. The molecule has 2 rings (SSSR count). The highest BCUT2D eigenvalue weighted by atomic mass is 16.5. The van der Waals surface area contributed by atoms with Gasteiger partial charge in [-0.1, -0.05) is 19.8 Å². The minimum absolute atomic E-state index is 0.118. The Labute approximate surface area is 100 Å². The molecular weight excluding hydrogens is 198 g/mol. The zero-order valence-electron chi connectivity index (χ0n) is 11.1. The van der Waals surface area contributed by atoms with Crippen LogP contribution in [0.2, 0.25) is 0 Å². The van der Waals surface area contributed by atoms with E-state index in [1.165, 1.54) is 38.6 Å². The molecule has 2 nitrogen and oxygen atoms in total. The molecule has 0 amide bonds. The van der Waals surface area contributed by atoms with E-state index in [1.807, 2.05) is 0 Å². The van der Waals surface area contributed by atoms with Crippen LogP contribution in [0.1, 0.15) is 52.9 Å². The molecule has 0 spiro atoms. The molecule has 0 aromatic carbocycles. The van der Waals surface area contributed by atoms with E-state index in [0.717, 1.165) is 18.4 Å². The number of rotatable bonds is 4. The first-order chi connectivity index (χ1) is 7.57. The largest absolute Gasteiger partial charge is 0.371 e. The lowest BCUT2D eigenvalue weighted by molar-refractivity contribution is -0.0145. The average Bonchev–Trinajstić information content (AvgIpc) is 2.74. The third-order valence-electron chi connectivity index (χ3n) is 4.37. The summed E-state index contributed by atoms with van der Waals surface area (Å²) < 4.78 is 5.98. The van der Waals surface area contributed by atoms with E-state index in [-0.39, 0.29) is 5.60 Å². The van der Waals surface area contributed by atoms with Crippen molar-refractivity contribution in [2.45, 2.75) is 64.6 Å². The van der Waals surface area contributed by atoms with Gasteiger partial charge in [-0.3, -0.25) is 0 Å². The van der Waals surface area contributed by atoms with Gasteiger partial charge in [0.2, 0.25) is 0 Å². The third-order valence-corrected chi connectivity index (χ3v) is 4.37. The summed E-state index contributed by atoms with van der Waals surface area (Å²) in [6.45, 7) is 9.04. The second-order valence-corrected chi connectivity index (χ2v) is 6.36. The van der Waals surface area contributed by atoms with Crippen LogP contribution in [0, 0.1) is 11.8 Å². The Morgan fingerprint density at radius 1 is 1.19 bits per heavy atom. The van der Waals surface area contributed by atoms with Crippen LogP contribution in [0.15, 0.2) is 0 Å². The Hall–Kier alpha value is -0.0800. The standard InChI is InChI=1S/C14H27NO/c1-11-5-4-6-12(11)9-15-10-13-7-8-14(2,3)16-13/h11-13,15H,4-10H2,1-3H3. The summed E-state index contributed by atoms with van der Waals surface area (Å²) in [5, 5.41) is 3.61. The average molecular weight is 225 g/mol. The smallest absolute Gasteiger partial charge is 0.0707 e. The Morgan fingerprint density at radius 2 is 2.00 bits per heavy atom.